The third kappa shape index (κ3) is 4.71. The molecule has 144 valence electrons. The highest BCUT2D eigenvalue weighted by Crippen LogP contribution is 2.29. The van der Waals surface area contributed by atoms with Gasteiger partial charge in [0, 0.05) is 36.6 Å². The van der Waals surface area contributed by atoms with Crippen LogP contribution in [0.5, 0.6) is 0 Å². The summed E-state index contributed by atoms with van der Waals surface area (Å²) in [6, 6.07) is 3.80. The van der Waals surface area contributed by atoms with Crippen molar-refractivity contribution in [1.82, 2.24) is 20.2 Å². The van der Waals surface area contributed by atoms with Crippen LogP contribution in [-0.4, -0.2) is 45.3 Å². The van der Waals surface area contributed by atoms with Crippen molar-refractivity contribution in [2.45, 2.75) is 46.1 Å². The van der Waals surface area contributed by atoms with E-state index in [1.807, 2.05) is 39.8 Å². The van der Waals surface area contributed by atoms with Crippen LogP contribution in [0.2, 0.25) is 0 Å². The molecule has 2 amide bonds. The fourth-order valence-corrected chi connectivity index (χ4v) is 4.22. The average molecular weight is 387 g/mol. The predicted octanol–water partition coefficient (Wildman–Crippen LogP) is 3.28. The second-order valence-electron chi connectivity index (χ2n) is 8.00. The van der Waals surface area contributed by atoms with Crippen molar-refractivity contribution in [3.63, 3.8) is 0 Å². The number of pyridine rings is 1. The number of rotatable bonds is 3. The smallest absolute Gasteiger partial charge is 0.265 e. The van der Waals surface area contributed by atoms with Crippen LogP contribution in [0.1, 0.15) is 49.0 Å². The van der Waals surface area contributed by atoms with Crippen molar-refractivity contribution in [2.75, 3.05) is 13.1 Å². The van der Waals surface area contributed by atoms with Crippen molar-refractivity contribution in [3.8, 4) is 10.6 Å². The van der Waals surface area contributed by atoms with Gasteiger partial charge in [-0.25, -0.2) is 4.98 Å². The van der Waals surface area contributed by atoms with E-state index in [-0.39, 0.29) is 23.3 Å². The van der Waals surface area contributed by atoms with E-state index in [1.54, 1.807) is 17.3 Å². The highest BCUT2D eigenvalue weighted by molar-refractivity contribution is 7.17. The standard InChI is InChI=1S/C20H26N4O2S/c1-13-16(27-18(22-13)14-7-5-9-21-11-14)19(26)24-10-6-8-15(12-24)17(25)23-20(2,3)4/h5,7,9,11,15H,6,8,10,12H2,1-4H3,(H,23,25). The number of likely N-dealkylation sites (tertiary alicyclic amines) is 1. The van der Waals surface area contributed by atoms with Gasteiger partial charge in [-0.2, -0.15) is 0 Å². The van der Waals surface area contributed by atoms with E-state index in [2.05, 4.69) is 15.3 Å². The number of amides is 2. The monoisotopic (exact) mass is 386 g/mol. The molecule has 27 heavy (non-hydrogen) atoms. The zero-order valence-corrected chi connectivity index (χ0v) is 17.1. The second kappa shape index (κ2) is 7.76. The third-order valence-corrected chi connectivity index (χ3v) is 5.67. The molecule has 1 N–H and O–H groups in total. The van der Waals surface area contributed by atoms with Gasteiger partial charge in [0.2, 0.25) is 5.91 Å². The number of nitrogens with one attached hydrogen (secondary N) is 1. The molecule has 0 spiro atoms. The molecule has 1 unspecified atom stereocenters. The van der Waals surface area contributed by atoms with Crippen molar-refractivity contribution < 1.29 is 9.59 Å². The number of piperidine rings is 1. The molecule has 7 heteroatoms. The lowest BCUT2D eigenvalue weighted by Gasteiger charge is -2.33. The van der Waals surface area contributed by atoms with E-state index in [0.29, 0.717) is 18.0 Å². The van der Waals surface area contributed by atoms with Gasteiger partial charge in [-0.15, -0.1) is 11.3 Å². The largest absolute Gasteiger partial charge is 0.351 e. The van der Waals surface area contributed by atoms with Gasteiger partial charge in [-0.3, -0.25) is 14.6 Å². The molecular formula is C20H26N4O2S. The zero-order chi connectivity index (χ0) is 19.6. The minimum Gasteiger partial charge on any atom is -0.351 e. The molecule has 1 aliphatic heterocycles. The lowest BCUT2D eigenvalue weighted by Crippen LogP contribution is -2.49. The summed E-state index contributed by atoms with van der Waals surface area (Å²) in [5.74, 6) is -0.168. The maximum Gasteiger partial charge on any atom is 0.265 e. The molecule has 0 radical (unpaired) electrons. The Kier molecular flexibility index (Phi) is 5.60. The minimum absolute atomic E-state index is 0.0251. The Morgan fingerprint density at radius 1 is 1.33 bits per heavy atom. The number of hydrogen-bond acceptors (Lipinski definition) is 5. The molecule has 0 bridgehead atoms. The number of aromatic nitrogens is 2. The van der Waals surface area contributed by atoms with Gasteiger partial charge in [0.25, 0.3) is 5.91 Å². The molecule has 1 fully saturated rings. The van der Waals surface area contributed by atoms with Crippen LogP contribution < -0.4 is 5.32 Å². The fourth-order valence-electron chi connectivity index (χ4n) is 3.20. The van der Waals surface area contributed by atoms with Crippen molar-refractivity contribution >= 4 is 23.2 Å². The van der Waals surface area contributed by atoms with Crippen LogP contribution in [0.25, 0.3) is 10.6 Å². The third-order valence-electron chi connectivity index (χ3n) is 4.48. The number of aryl methyl sites for hydroxylation is 1. The van der Waals surface area contributed by atoms with E-state index in [9.17, 15) is 9.59 Å². The number of hydrogen-bond donors (Lipinski definition) is 1. The summed E-state index contributed by atoms with van der Waals surface area (Å²) in [5, 5.41) is 3.83. The molecule has 3 heterocycles. The number of thiazole rings is 1. The first-order valence-corrected chi connectivity index (χ1v) is 10.1. The van der Waals surface area contributed by atoms with Gasteiger partial charge >= 0.3 is 0 Å². The molecule has 1 atom stereocenters. The Hall–Kier alpha value is -2.28. The van der Waals surface area contributed by atoms with Gasteiger partial charge in [-0.1, -0.05) is 0 Å². The van der Waals surface area contributed by atoms with E-state index >= 15 is 0 Å². The van der Waals surface area contributed by atoms with Gasteiger partial charge in [-0.05, 0) is 52.7 Å². The summed E-state index contributed by atoms with van der Waals surface area (Å²) in [5.41, 5.74) is 1.37. The summed E-state index contributed by atoms with van der Waals surface area (Å²) in [6.45, 7) is 8.90. The van der Waals surface area contributed by atoms with Crippen LogP contribution in [0.3, 0.4) is 0 Å². The zero-order valence-electron chi connectivity index (χ0n) is 16.3. The molecule has 2 aromatic rings. The SMILES string of the molecule is Cc1nc(-c2cccnc2)sc1C(=O)N1CCCC(C(=O)NC(C)(C)C)C1. The van der Waals surface area contributed by atoms with Crippen LogP contribution in [0.15, 0.2) is 24.5 Å². The molecule has 0 saturated carbocycles. The quantitative estimate of drug-likeness (QED) is 0.878. The van der Waals surface area contributed by atoms with Gasteiger partial charge in [0.15, 0.2) is 0 Å². The maximum absolute atomic E-state index is 13.1. The summed E-state index contributed by atoms with van der Waals surface area (Å²) in [7, 11) is 0. The summed E-state index contributed by atoms with van der Waals surface area (Å²) in [6.07, 6.45) is 5.11. The van der Waals surface area contributed by atoms with E-state index in [4.69, 9.17) is 0 Å². The predicted molar refractivity (Wildman–Crippen MR) is 107 cm³/mol. The molecule has 3 rings (SSSR count). The number of nitrogens with zero attached hydrogens (tertiary/aromatic N) is 3. The average Bonchev–Trinajstić information content (AvgIpc) is 3.02. The van der Waals surface area contributed by atoms with Crippen molar-refractivity contribution in [3.05, 3.63) is 35.1 Å². The molecule has 0 aliphatic carbocycles. The first-order chi connectivity index (χ1) is 12.7. The summed E-state index contributed by atoms with van der Waals surface area (Å²) < 4.78 is 0. The van der Waals surface area contributed by atoms with Crippen molar-refractivity contribution in [1.29, 1.82) is 0 Å². The molecular weight excluding hydrogens is 360 g/mol. The first-order valence-electron chi connectivity index (χ1n) is 9.24. The minimum atomic E-state index is -0.268. The lowest BCUT2D eigenvalue weighted by atomic mass is 9.95. The van der Waals surface area contributed by atoms with E-state index in [0.717, 1.165) is 29.1 Å². The highest BCUT2D eigenvalue weighted by Gasteiger charge is 2.32. The van der Waals surface area contributed by atoms with Crippen LogP contribution >= 0.6 is 11.3 Å². The number of carbonyl (C=O) groups is 2. The molecule has 1 aliphatic rings. The number of carbonyl (C=O) groups excluding carboxylic acids is 2. The van der Waals surface area contributed by atoms with E-state index in [1.165, 1.54) is 11.3 Å². The van der Waals surface area contributed by atoms with Crippen molar-refractivity contribution in [2.24, 2.45) is 5.92 Å². The molecule has 1 saturated heterocycles. The van der Waals surface area contributed by atoms with Crippen LogP contribution in [0, 0.1) is 12.8 Å². The normalized spacial score (nSPS) is 17.6. The Bertz CT molecular complexity index is 826. The first kappa shape index (κ1) is 19.5. The van der Waals surface area contributed by atoms with Gasteiger partial charge in [0.05, 0.1) is 11.6 Å². The molecule has 2 aromatic heterocycles. The van der Waals surface area contributed by atoms with Gasteiger partial charge in [0.1, 0.15) is 9.88 Å². The van der Waals surface area contributed by atoms with Crippen LogP contribution in [-0.2, 0) is 4.79 Å². The van der Waals surface area contributed by atoms with E-state index < -0.39 is 0 Å². The summed E-state index contributed by atoms with van der Waals surface area (Å²) >= 11 is 1.39. The second-order valence-corrected chi connectivity index (χ2v) is 9.00. The fraction of sp³-hybridized carbons (Fsp3) is 0.500. The Labute approximate surface area is 164 Å². The molecule has 6 nitrogen and oxygen atoms in total. The Morgan fingerprint density at radius 2 is 2.11 bits per heavy atom. The maximum atomic E-state index is 13.1. The summed E-state index contributed by atoms with van der Waals surface area (Å²) in [4.78, 5) is 36.7. The van der Waals surface area contributed by atoms with Crippen LogP contribution in [0.4, 0.5) is 0 Å². The highest BCUT2D eigenvalue weighted by atomic mass is 32.1. The van der Waals surface area contributed by atoms with Gasteiger partial charge < -0.3 is 10.2 Å². The Morgan fingerprint density at radius 3 is 2.78 bits per heavy atom. The molecule has 0 aromatic carbocycles. The Balaban J connectivity index is 1.74. The topological polar surface area (TPSA) is 75.2 Å². The lowest BCUT2D eigenvalue weighted by molar-refractivity contribution is -0.127.